The highest BCUT2D eigenvalue weighted by molar-refractivity contribution is 7.92. The zero-order valence-corrected chi connectivity index (χ0v) is 26.0. The summed E-state index contributed by atoms with van der Waals surface area (Å²) in [5.74, 6) is 0.0222. The van der Waals surface area contributed by atoms with E-state index in [-0.39, 0.29) is 40.0 Å². The molecule has 0 aliphatic carbocycles. The molecule has 0 aliphatic heterocycles. The molecule has 0 saturated heterocycles. The Hall–Kier alpha value is -4.28. The zero-order chi connectivity index (χ0) is 31.4. The molecule has 2 atom stereocenters. The number of sulfonamides is 1. The van der Waals surface area contributed by atoms with Crippen molar-refractivity contribution in [2.75, 3.05) is 11.8 Å². The maximum Gasteiger partial charge on any atom is 0.318 e. The number of hydrogen-bond donors (Lipinski definition) is 2. The summed E-state index contributed by atoms with van der Waals surface area (Å²) in [4.78, 5) is 27.1. The summed E-state index contributed by atoms with van der Waals surface area (Å²) in [5.41, 5.74) is 9.17. The molecule has 2 amide bonds. The maximum absolute atomic E-state index is 14.1. The van der Waals surface area contributed by atoms with Gasteiger partial charge < -0.3 is 10.3 Å². The van der Waals surface area contributed by atoms with Gasteiger partial charge in [-0.2, -0.15) is 0 Å². The molecule has 4 aromatic rings. The van der Waals surface area contributed by atoms with Gasteiger partial charge in [0.25, 0.3) is 15.9 Å². The summed E-state index contributed by atoms with van der Waals surface area (Å²) < 4.78 is 34.8. The van der Waals surface area contributed by atoms with Crippen molar-refractivity contribution >= 4 is 27.7 Å². The van der Waals surface area contributed by atoms with Crippen LogP contribution in [0.25, 0.3) is 11.1 Å². The number of quaternary nitrogens is 1. The van der Waals surface area contributed by atoms with Crippen LogP contribution in [0.1, 0.15) is 42.7 Å². The summed E-state index contributed by atoms with van der Waals surface area (Å²) in [6.45, 7) is 7.54. The van der Waals surface area contributed by atoms with Crippen molar-refractivity contribution < 1.29 is 27.0 Å². The number of carbonyl (C=O) groups is 2. The van der Waals surface area contributed by atoms with Crippen LogP contribution in [0.15, 0.2) is 88.3 Å². The van der Waals surface area contributed by atoms with Gasteiger partial charge in [-0.15, -0.1) is 0 Å². The lowest BCUT2D eigenvalue weighted by atomic mass is 9.94. The lowest BCUT2D eigenvalue weighted by molar-refractivity contribution is -0.865. The first-order chi connectivity index (χ1) is 20.3. The van der Waals surface area contributed by atoms with Crippen LogP contribution >= 0.6 is 0 Å². The number of aromatic nitrogens is 1. The van der Waals surface area contributed by atoms with Gasteiger partial charge in [0.05, 0.1) is 18.4 Å². The van der Waals surface area contributed by atoms with Crippen LogP contribution < -0.4 is 10.5 Å². The van der Waals surface area contributed by atoms with Crippen molar-refractivity contribution in [2.45, 2.75) is 58.0 Å². The Morgan fingerprint density at radius 1 is 0.930 bits per heavy atom. The molecule has 3 aromatic carbocycles. The minimum absolute atomic E-state index is 0.0425. The zero-order valence-electron chi connectivity index (χ0n) is 25.2. The third-order valence-electron chi connectivity index (χ3n) is 7.85. The number of carbonyl (C=O) groups excluding carboxylic acids is 2. The first kappa shape index (κ1) is 31.7. The molecule has 1 aromatic heterocycles. The average Bonchev–Trinajstić information content (AvgIpc) is 3.28. The topological polar surface area (TPSA) is 132 Å². The standard InChI is InChI=1S/C33H38N4O5S/c1-22(2)19-29(32(34)39)37(5,31(38)20-25-13-7-6-8-14-25)21-26-15-9-10-16-27(26)28-17-11-12-18-30(28)43(40,41)36-33-23(3)24(4)42-35-33/h6-18,22,29H,19-21H2,1-5H3,(H2-,34,35,36,39)/p+1/t29-,37?/m0/s1. The number of likely N-dealkylation sites (N-methyl/N-ethyl adjacent to an activating group) is 1. The summed E-state index contributed by atoms with van der Waals surface area (Å²) in [6.07, 6.45) is 0.534. The van der Waals surface area contributed by atoms with Crippen molar-refractivity contribution in [3.8, 4) is 11.1 Å². The number of amides is 2. The molecule has 0 saturated carbocycles. The van der Waals surface area contributed by atoms with Crippen LogP contribution in [0.2, 0.25) is 0 Å². The third kappa shape index (κ3) is 7.03. The number of hydrogen-bond acceptors (Lipinski definition) is 6. The Morgan fingerprint density at radius 3 is 2.14 bits per heavy atom. The number of nitrogens with two attached hydrogens (primary N) is 1. The van der Waals surface area contributed by atoms with E-state index in [2.05, 4.69) is 9.88 Å². The van der Waals surface area contributed by atoms with Gasteiger partial charge in [0.1, 0.15) is 12.3 Å². The van der Waals surface area contributed by atoms with E-state index in [0.29, 0.717) is 34.4 Å². The van der Waals surface area contributed by atoms with E-state index in [1.165, 1.54) is 6.07 Å². The molecule has 0 radical (unpaired) electrons. The van der Waals surface area contributed by atoms with Gasteiger partial charge in [-0.05, 0) is 37.0 Å². The van der Waals surface area contributed by atoms with E-state index >= 15 is 0 Å². The second-order valence-electron chi connectivity index (χ2n) is 11.5. The van der Waals surface area contributed by atoms with Gasteiger partial charge in [0.15, 0.2) is 11.9 Å². The smallest absolute Gasteiger partial charge is 0.318 e. The summed E-state index contributed by atoms with van der Waals surface area (Å²) >= 11 is 0. The Balaban J connectivity index is 1.81. The van der Waals surface area contributed by atoms with Gasteiger partial charge in [-0.3, -0.25) is 9.52 Å². The van der Waals surface area contributed by atoms with E-state index < -0.39 is 22.0 Å². The van der Waals surface area contributed by atoms with Crippen LogP contribution in [0.5, 0.6) is 0 Å². The van der Waals surface area contributed by atoms with Crippen LogP contribution in [-0.4, -0.2) is 43.0 Å². The first-order valence-electron chi connectivity index (χ1n) is 14.2. The van der Waals surface area contributed by atoms with Gasteiger partial charge in [0, 0.05) is 23.1 Å². The molecule has 0 fully saturated rings. The fourth-order valence-electron chi connectivity index (χ4n) is 5.29. The van der Waals surface area contributed by atoms with Crippen molar-refractivity contribution in [2.24, 2.45) is 11.7 Å². The molecule has 0 spiro atoms. The number of benzene rings is 3. The van der Waals surface area contributed by atoms with Gasteiger partial charge in [-0.25, -0.2) is 17.7 Å². The highest BCUT2D eigenvalue weighted by Crippen LogP contribution is 2.34. The Bertz CT molecular complexity index is 1720. The summed E-state index contributed by atoms with van der Waals surface area (Å²) in [7, 11) is -2.33. The minimum Gasteiger partial charge on any atom is -0.364 e. The van der Waals surface area contributed by atoms with Crippen LogP contribution in [-0.2, 0) is 32.6 Å². The number of rotatable bonds is 12. The van der Waals surface area contributed by atoms with Gasteiger partial charge in [-0.1, -0.05) is 91.8 Å². The molecule has 0 aliphatic rings. The highest BCUT2D eigenvalue weighted by atomic mass is 32.2. The third-order valence-corrected chi connectivity index (χ3v) is 9.25. The van der Waals surface area contributed by atoms with E-state index in [1.54, 1.807) is 39.1 Å². The average molecular weight is 604 g/mol. The largest absolute Gasteiger partial charge is 0.364 e. The SMILES string of the molecule is Cc1onc(NS(=O)(=O)c2ccccc2-c2ccccc2C[N+](C)(C(=O)Cc2ccccc2)[C@@H](CC(C)C)C(N)=O)c1C. The Morgan fingerprint density at radius 2 is 1.53 bits per heavy atom. The molecule has 226 valence electrons. The molecule has 0 bridgehead atoms. The maximum atomic E-state index is 14.1. The molecule has 4 rings (SSSR count). The van der Waals surface area contributed by atoms with Crippen LogP contribution in [0.4, 0.5) is 5.82 Å². The minimum atomic E-state index is -4.08. The first-order valence-corrected chi connectivity index (χ1v) is 15.7. The van der Waals surface area contributed by atoms with Crippen molar-refractivity contribution in [3.05, 3.63) is 101 Å². The lowest BCUT2D eigenvalue weighted by Crippen LogP contribution is -2.61. The molecule has 10 heteroatoms. The second-order valence-corrected chi connectivity index (χ2v) is 13.2. The van der Waals surface area contributed by atoms with Crippen molar-refractivity contribution in [3.63, 3.8) is 0 Å². The molecule has 9 nitrogen and oxygen atoms in total. The predicted octanol–water partition coefficient (Wildman–Crippen LogP) is 5.38. The molecular formula is C33H39N4O5S+. The lowest BCUT2D eigenvalue weighted by Gasteiger charge is -2.39. The number of nitrogens with zero attached hydrogens (tertiary/aromatic N) is 2. The monoisotopic (exact) mass is 603 g/mol. The highest BCUT2D eigenvalue weighted by Gasteiger charge is 2.44. The fraction of sp³-hybridized carbons (Fsp3) is 0.303. The van der Waals surface area contributed by atoms with Gasteiger partial charge in [0.2, 0.25) is 0 Å². The van der Waals surface area contributed by atoms with Gasteiger partial charge >= 0.3 is 5.91 Å². The predicted molar refractivity (Wildman–Crippen MR) is 166 cm³/mol. The van der Waals surface area contributed by atoms with Crippen molar-refractivity contribution in [1.29, 1.82) is 0 Å². The Labute approximate surface area is 253 Å². The van der Waals surface area contributed by atoms with Crippen molar-refractivity contribution in [1.82, 2.24) is 5.16 Å². The molecule has 1 unspecified atom stereocenters. The summed E-state index contributed by atoms with van der Waals surface area (Å²) in [5, 5.41) is 3.86. The quantitative estimate of drug-likeness (QED) is 0.209. The number of nitrogens with one attached hydrogen (secondary N) is 1. The molecule has 3 N–H and O–H groups in total. The van der Waals surface area contributed by atoms with E-state index in [1.807, 2.05) is 68.4 Å². The summed E-state index contributed by atoms with van der Waals surface area (Å²) in [6, 6.07) is 22.6. The van der Waals surface area contributed by atoms with E-state index in [4.69, 9.17) is 10.3 Å². The van der Waals surface area contributed by atoms with Crippen LogP contribution in [0.3, 0.4) is 0 Å². The normalized spacial score (nSPS) is 13.8. The molecule has 43 heavy (non-hydrogen) atoms. The fourth-order valence-corrected chi connectivity index (χ4v) is 6.57. The number of aryl methyl sites for hydroxylation is 1. The van der Waals surface area contributed by atoms with E-state index in [9.17, 15) is 18.0 Å². The number of anilines is 1. The molecule has 1 heterocycles. The second kappa shape index (κ2) is 12.9. The number of primary amides is 1. The van der Waals surface area contributed by atoms with E-state index in [0.717, 1.165) is 5.56 Å². The van der Waals surface area contributed by atoms with Crippen LogP contribution in [0, 0.1) is 19.8 Å². The molecular weight excluding hydrogens is 564 g/mol. The Kier molecular flexibility index (Phi) is 9.52.